The molecule has 20 rings (SSSR count). The quantitative estimate of drug-likeness (QED) is 0.0212. The number of pyridine rings is 8. The average molecular weight is 2230 g/mol. The summed E-state index contributed by atoms with van der Waals surface area (Å²) in [5.41, 5.74) is 13.9. The van der Waals surface area contributed by atoms with Gasteiger partial charge in [0.2, 0.25) is 0 Å². The van der Waals surface area contributed by atoms with Crippen LogP contribution in [0.1, 0.15) is 160 Å². The number of aromatic nitrogens is 12. The molecule has 0 saturated carbocycles. The molecule has 732 valence electrons. The Morgan fingerprint density at radius 3 is 0.792 bits per heavy atom. The summed E-state index contributed by atoms with van der Waals surface area (Å²) in [4.78, 5) is 116. The van der Waals surface area contributed by atoms with Crippen LogP contribution in [-0.4, -0.2) is 80.3 Å². The number of hydrogen-bond acceptors (Lipinski definition) is 25. The van der Waals surface area contributed by atoms with Crippen molar-refractivity contribution in [1.82, 2.24) is 59.8 Å². The Labute approximate surface area is 895 Å². The maximum absolute atomic E-state index is 10.8. The second kappa shape index (κ2) is 55.4. The second-order valence-corrected chi connectivity index (χ2v) is 42.3. The third-order valence-electron chi connectivity index (χ3n) is 23.0. The van der Waals surface area contributed by atoms with Gasteiger partial charge in [0, 0.05) is 146 Å². The smallest absolute Gasteiger partial charge is 0.478 e. The number of carbonyl (C=O) groups excluding carboxylic acids is 3. The molecular weight excluding hydrogens is 2120 g/mol. The van der Waals surface area contributed by atoms with Crippen LogP contribution >= 0.6 is 90.7 Å². The maximum Gasteiger partial charge on any atom is 1.00 e. The van der Waals surface area contributed by atoms with E-state index in [0.29, 0.717) is 71.1 Å². The number of carbonyl (C=O) groups is 4. The van der Waals surface area contributed by atoms with Crippen LogP contribution in [0, 0.1) is 0 Å². The fourth-order valence-corrected chi connectivity index (χ4v) is 24.2. The number of imidazole rings is 2. The van der Waals surface area contributed by atoms with Gasteiger partial charge in [-0.2, -0.15) is 0 Å². The van der Waals surface area contributed by atoms with E-state index in [-0.39, 0.29) is 44.5 Å². The van der Waals surface area contributed by atoms with Gasteiger partial charge in [-0.25, -0.2) is 4.79 Å². The van der Waals surface area contributed by atoms with Gasteiger partial charge in [-0.05, 0) is 272 Å². The van der Waals surface area contributed by atoms with E-state index in [1.807, 2.05) is 164 Å². The molecule has 0 aliphatic carbocycles. The van der Waals surface area contributed by atoms with Gasteiger partial charge in [0.05, 0.1) is 51.1 Å². The molecule has 144 heavy (non-hydrogen) atoms. The predicted molar refractivity (Wildman–Crippen MR) is 584 cm³/mol. The fourth-order valence-electron chi connectivity index (χ4n) is 15.6. The Balaban J connectivity index is 0.000000152. The van der Waals surface area contributed by atoms with Crippen molar-refractivity contribution >= 4 is 138 Å². The molecular formula is C114H104N12O8Ru2S8. The van der Waals surface area contributed by atoms with Crippen molar-refractivity contribution in [3.8, 4) is 155 Å². The Morgan fingerprint density at radius 1 is 0.278 bits per heavy atom. The van der Waals surface area contributed by atoms with Crippen LogP contribution in [0.3, 0.4) is 0 Å². The van der Waals surface area contributed by atoms with Gasteiger partial charge in [0.1, 0.15) is 17.2 Å². The van der Waals surface area contributed by atoms with E-state index in [4.69, 9.17) is 34.5 Å². The molecule has 0 amide bonds. The van der Waals surface area contributed by atoms with Crippen molar-refractivity contribution in [2.24, 2.45) is 0 Å². The Morgan fingerprint density at radius 2 is 0.521 bits per heavy atom. The predicted octanol–water partition coefficient (Wildman–Crippen LogP) is 31.6. The SMILES string of the molecule is CCCCCCc1ccc(-c2ccc(-c3ccnc(-c4cc(-c5ccc(-c6ccc(CCCCCC)s6)s5)ccn4)c3)s2)s1.CCCCCCc1ccc(-c2ccc(-c3ccnc(-c4cc(-c5ccc(-c6ccc(CCCCCC)s6)s5)ccn4)c3)s2)s1.O=COc1ccnc(-c2cc(C(=O)O)ccn2)c1.O=COc1ccnc(-c2cc(OC=O)ccn2)c1.[Ru+].[Ru+].c1ccc2[n-]c(-c3nc4ccccc4[n-]3)nc2c1. The number of aryl methyl sites for hydroxylation is 4. The molecule has 0 fully saturated rings. The van der Waals surface area contributed by atoms with Crippen molar-refractivity contribution in [2.75, 3.05) is 0 Å². The van der Waals surface area contributed by atoms with Crippen molar-refractivity contribution in [2.45, 2.75) is 156 Å². The minimum absolute atomic E-state index is 0. The third kappa shape index (κ3) is 30.0. The zero-order valence-electron chi connectivity index (χ0n) is 79.7. The summed E-state index contributed by atoms with van der Waals surface area (Å²) in [7, 11) is 0. The van der Waals surface area contributed by atoms with Crippen LogP contribution in [0.25, 0.3) is 160 Å². The first-order valence-corrected chi connectivity index (χ1v) is 54.2. The number of hydrogen-bond donors (Lipinski definition) is 1. The monoisotopic (exact) mass is 2230 g/mol. The number of thiophene rings is 8. The number of fused-ring (bicyclic) bond motifs is 2. The summed E-state index contributed by atoms with van der Waals surface area (Å²) in [5, 5.41) is 8.88. The van der Waals surface area contributed by atoms with Crippen LogP contribution in [0.4, 0.5) is 0 Å². The molecule has 20 aromatic rings. The Hall–Kier alpha value is -12.7. The third-order valence-corrected chi connectivity index (χ3v) is 32.9. The summed E-state index contributed by atoms with van der Waals surface area (Å²) in [5.74, 6) is 1.17. The van der Waals surface area contributed by atoms with E-state index in [2.05, 4.69) is 218 Å². The Bertz CT molecular complexity index is 6800. The molecule has 0 saturated heterocycles. The summed E-state index contributed by atoms with van der Waals surface area (Å²) in [6, 6.07) is 81.2. The van der Waals surface area contributed by atoms with Crippen molar-refractivity contribution in [1.29, 1.82) is 0 Å². The molecule has 0 spiro atoms. The van der Waals surface area contributed by atoms with E-state index in [9.17, 15) is 19.2 Å². The van der Waals surface area contributed by atoms with Crippen molar-refractivity contribution < 1.29 is 77.5 Å². The largest absolute Gasteiger partial charge is 1.00 e. The van der Waals surface area contributed by atoms with Crippen molar-refractivity contribution in [3.63, 3.8) is 0 Å². The van der Waals surface area contributed by atoms with Crippen LogP contribution in [0.15, 0.2) is 292 Å². The molecule has 0 aliphatic heterocycles. The molecule has 2 aromatic carbocycles. The number of rotatable bonds is 40. The molecule has 20 nitrogen and oxygen atoms in total. The number of para-hydroxylation sites is 4. The maximum atomic E-state index is 10.8. The van der Waals surface area contributed by atoms with Gasteiger partial charge in [-0.3, -0.25) is 54.3 Å². The standard InChI is InChI=1S/2C38H40N2S4.C14H8N4.2C12H8N2O4.2Ru/c2*1-3-5-7-9-11-29-13-15-35(41-29)37-19-17-33(43-37)27-21-23-39-31(25-27)32-26-28(22-24-40-32)34-18-20-38(44-34)36-16-14-30(42-36)12-10-8-6-4-2;1-2-6-10-9(5-1)15-13(16-10)14-17-11-7-3-4-8-12(11)18-14;15-7-17-9-1-3-13-11(5-9)12-6-10(18-8-16)2-4-14-12;15-7-18-9-2-4-14-11(6-9)10-5-8(12(16)17)1-3-13-10;;/h2*13-26H,3-12H2,1-2H3;2*1-8H;1-7H,(H,16,17);;/q;;-2;;;2*+1. The zero-order valence-corrected chi connectivity index (χ0v) is 89.7. The fraction of sp³-hybridized carbons (Fsp3) is 0.211. The normalized spacial score (nSPS) is 10.8. The van der Waals surface area contributed by atoms with Crippen molar-refractivity contribution in [3.05, 3.63) is 317 Å². The molecule has 1 N–H and O–H groups in total. The van der Waals surface area contributed by atoms with E-state index < -0.39 is 5.97 Å². The zero-order chi connectivity index (χ0) is 98.0. The van der Waals surface area contributed by atoms with Gasteiger partial charge in [0.25, 0.3) is 19.4 Å². The van der Waals surface area contributed by atoms with E-state index in [0.717, 1.165) is 44.8 Å². The van der Waals surface area contributed by atoms with Gasteiger partial charge >= 0.3 is 44.9 Å². The second-order valence-electron chi connectivity index (χ2n) is 33.3. The number of unbranched alkanes of at least 4 members (excludes halogenated alkanes) is 12. The molecule has 18 aromatic heterocycles. The van der Waals surface area contributed by atoms with Gasteiger partial charge in [-0.15, -0.1) is 90.7 Å². The van der Waals surface area contributed by atoms with Crippen LogP contribution < -0.4 is 24.2 Å². The number of benzene rings is 2. The molecule has 0 aliphatic rings. The number of aromatic carboxylic acids is 1. The summed E-state index contributed by atoms with van der Waals surface area (Å²) < 4.78 is 14.1. The van der Waals surface area contributed by atoms with Gasteiger partial charge in [-0.1, -0.05) is 165 Å². The molecule has 30 heteroatoms. The minimum Gasteiger partial charge on any atom is -0.478 e. The average Bonchev–Trinajstić information content (AvgIpc) is 1.63. The van der Waals surface area contributed by atoms with Gasteiger partial charge < -0.3 is 39.3 Å². The molecule has 0 bridgehead atoms. The van der Waals surface area contributed by atoms with Crippen LogP contribution in [0.2, 0.25) is 0 Å². The molecule has 2 radical (unpaired) electrons. The number of carboxylic acids is 1. The number of ether oxygens (including phenoxy) is 3. The van der Waals surface area contributed by atoms with Crippen LogP contribution in [0.5, 0.6) is 17.2 Å². The first-order valence-electron chi connectivity index (χ1n) is 47.6. The Kier molecular flexibility index (Phi) is 41.2. The summed E-state index contributed by atoms with van der Waals surface area (Å²) in [6.45, 7) is 10.1. The van der Waals surface area contributed by atoms with Crippen LogP contribution in [-0.2, 0) is 79.0 Å². The van der Waals surface area contributed by atoms with E-state index in [1.54, 1.807) is 24.3 Å². The molecule has 0 atom stereocenters. The molecule has 0 unspecified atom stereocenters. The topological polar surface area (TPSA) is 273 Å². The first kappa shape index (κ1) is 107. The first-order chi connectivity index (χ1) is 69.8. The number of carboxylic acid groups (broad SMARTS) is 1. The van der Waals surface area contributed by atoms with E-state index >= 15 is 0 Å². The van der Waals surface area contributed by atoms with Gasteiger partial charge in [0.15, 0.2) is 0 Å². The summed E-state index contributed by atoms with van der Waals surface area (Å²) in [6.07, 6.45) is 39.3. The minimum atomic E-state index is -1.04. The number of nitrogens with zero attached hydrogens (tertiary/aromatic N) is 12. The molecule has 18 heterocycles. The van der Waals surface area contributed by atoms with E-state index in [1.165, 1.54) is 278 Å². The summed E-state index contributed by atoms with van der Waals surface area (Å²) >= 11 is 15.2.